The number of nitrogens with one attached hydrogen (secondary N) is 1. The minimum absolute atomic E-state index is 0.467. The Balaban J connectivity index is 2.47. The highest BCUT2D eigenvalue weighted by atomic mass is 35.5. The van der Waals surface area contributed by atoms with E-state index in [9.17, 15) is 5.11 Å². The largest absolute Gasteiger partial charge is 0.388 e. The van der Waals surface area contributed by atoms with Crippen LogP contribution in [0.2, 0.25) is 5.02 Å². The van der Waals surface area contributed by atoms with E-state index >= 15 is 0 Å². The molecule has 0 aliphatic heterocycles. The lowest BCUT2D eigenvalue weighted by atomic mass is 10.1. The molecule has 80 valence electrons. The van der Waals surface area contributed by atoms with Gasteiger partial charge in [-0.3, -0.25) is 0 Å². The predicted molar refractivity (Wildman–Crippen MR) is 61.9 cm³/mol. The van der Waals surface area contributed by atoms with Crippen LogP contribution in [0.25, 0.3) is 10.9 Å². The fraction of sp³-hybridized carbons (Fsp3) is 0.273. The van der Waals surface area contributed by atoms with Crippen molar-refractivity contribution in [1.29, 1.82) is 0 Å². The first kappa shape index (κ1) is 10.5. The Labute approximate surface area is 92.9 Å². The van der Waals surface area contributed by atoms with Crippen molar-refractivity contribution < 1.29 is 5.11 Å². The molecule has 0 aliphatic carbocycles. The first-order valence-electron chi connectivity index (χ1n) is 4.87. The molecule has 0 saturated carbocycles. The zero-order valence-electron chi connectivity index (χ0n) is 8.20. The minimum Gasteiger partial charge on any atom is -0.388 e. The van der Waals surface area contributed by atoms with Gasteiger partial charge >= 0.3 is 0 Å². The fourth-order valence-electron chi connectivity index (χ4n) is 1.70. The Morgan fingerprint density at radius 1 is 1.47 bits per heavy atom. The van der Waals surface area contributed by atoms with Crippen LogP contribution >= 0.6 is 11.6 Å². The summed E-state index contributed by atoms with van der Waals surface area (Å²) in [6.07, 6.45) is 1.84. The van der Waals surface area contributed by atoms with Gasteiger partial charge in [-0.05, 0) is 31.2 Å². The molecule has 0 radical (unpaired) electrons. The molecule has 1 heterocycles. The Hall–Kier alpha value is -1.03. The first-order chi connectivity index (χ1) is 7.22. The number of H-pyrrole nitrogens is 1. The number of aromatic nitrogens is 1. The lowest BCUT2D eigenvalue weighted by molar-refractivity contribution is 0.172. The molecule has 4 heteroatoms. The number of benzene rings is 1. The molecule has 15 heavy (non-hydrogen) atoms. The molecule has 1 aromatic heterocycles. The molecule has 4 N–H and O–H groups in total. The quantitative estimate of drug-likeness (QED) is 0.749. The molecule has 0 saturated heterocycles. The van der Waals surface area contributed by atoms with Crippen LogP contribution in [-0.2, 0) is 0 Å². The molecular formula is C11H13ClN2O. The molecule has 3 nitrogen and oxygen atoms in total. The molecule has 0 spiro atoms. The van der Waals surface area contributed by atoms with Gasteiger partial charge in [0.15, 0.2) is 0 Å². The topological polar surface area (TPSA) is 62.0 Å². The van der Waals surface area contributed by atoms with Gasteiger partial charge in [0.25, 0.3) is 0 Å². The lowest BCUT2D eigenvalue weighted by Gasteiger charge is -2.07. The van der Waals surface area contributed by atoms with Crippen molar-refractivity contribution in [2.75, 3.05) is 6.54 Å². The number of hydrogen-bond acceptors (Lipinski definition) is 2. The monoisotopic (exact) mass is 224 g/mol. The van der Waals surface area contributed by atoms with Crippen molar-refractivity contribution in [3.63, 3.8) is 0 Å². The van der Waals surface area contributed by atoms with Crippen molar-refractivity contribution in [2.24, 2.45) is 5.73 Å². The maximum absolute atomic E-state index is 9.86. The highest BCUT2D eigenvalue weighted by Gasteiger charge is 2.12. The average molecular weight is 225 g/mol. The standard InChI is InChI=1S/C11H13ClN2O/c12-7-1-2-10-8(5-7)9(6-14-10)11(15)3-4-13/h1-2,5-6,11,14-15H,3-4,13H2. The van der Waals surface area contributed by atoms with E-state index in [1.165, 1.54) is 0 Å². The van der Waals surface area contributed by atoms with Gasteiger partial charge in [-0.15, -0.1) is 0 Å². The van der Waals surface area contributed by atoms with Gasteiger partial charge < -0.3 is 15.8 Å². The molecule has 2 aromatic rings. The number of halogens is 1. The van der Waals surface area contributed by atoms with Crippen LogP contribution in [0.4, 0.5) is 0 Å². The number of nitrogens with two attached hydrogens (primary N) is 1. The van der Waals surface area contributed by atoms with Crippen LogP contribution < -0.4 is 5.73 Å². The second-order valence-electron chi connectivity index (χ2n) is 3.53. The first-order valence-corrected chi connectivity index (χ1v) is 5.25. The molecule has 1 aromatic carbocycles. The minimum atomic E-state index is -0.526. The number of aliphatic hydroxyl groups excluding tert-OH is 1. The van der Waals surface area contributed by atoms with Crippen LogP contribution in [0, 0.1) is 0 Å². The molecule has 0 amide bonds. The van der Waals surface area contributed by atoms with E-state index in [4.69, 9.17) is 17.3 Å². The smallest absolute Gasteiger partial charge is 0.0822 e. The second kappa shape index (κ2) is 4.23. The summed E-state index contributed by atoms with van der Waals surface area (Å²) in [7, 11) is 0. The summed E-state index contributed by atoms with van der Waals surface area (Å²) in [5.74, 6) is 0. The number of fused-ring (bicyclic) bond motifs is 1. The summed E-state index contributed by atoms with van der Waals surface area (Å²) in [5, 5.41) is 11.5. The molecule has 1 unspecified atom stereocenters. The second-order valence-corrected chi connectivity index (χ2v) is 3.96. The zero-order chi connectivity index (χ0) is 10.8. The molecular weight excluding hydrogens is 212 g/mol. The van der Waals surface area contributed by atoms with Crippen LogP contribution in [-0.4, -0.2) is 16.6 Å². The summed E-state index contributed by atoms with van der Waals surface area (Å²) in [6, 6.07) is 5.57. The average Bonchev–Trinajstić information content (AvgIpc) is 2.60. The van der Waals surface area contributed by atoms with Crippen LogP contribution in [0.15, 0.2) is 24.4 Å². The van der Waals surface area contributed by atoms with Gasteiger partial charge in [0.05, 0.1) is 6.10 Å². The third-order valence-electron chi connectivity index (χ3n) is 2.47. The number of aliphatic hydroxyl groups is 1. The Morgan fingerprint density at radius 2 is 2.27 bits per heavy atom. The van der Waals surface area contributed by atoms with Gasteiger partial charge in [-0.2, -0.15) is 0 Å². The molecule has 1 atom stereocenters. The van der Waals surface area contributed by atoms with Crippen LogP contribution in [0.5, 0.6) is 0 Å². The number of aromatic amines is 1. The highest BCUT2D eigenvalue weighted by Crippen LogP contribution is 2.27. The lowest BCUT2D eigenvalue weighted by Crippen LogP contribution is -2.06. The summed E-state index contributed by atoms with van der Waals surface area (Å²) in [5.41, 5.74) is 7.25. The van der Waals surface area contributed by atoms with E-state index in [-0.39, 0.29) is 0 Å². The Kier molecular flexibility index (Phi) is 2.95. The van der Waals surface area contributed by atoms with Gasteiger partial charge in [0, 0.05) is 27.7 Å². The normalized spacial score (nSPS) is 13.3. The highest BCUT2D eigenvalue weighted by molar-refractivity contribution is 6.31. The Bertz CT molecular complexity index is 467. The van der Waals surface area contributed by atoms with Crippen LogP contribution in [0.1, 0.15) is 18.1 Å². The molecule has 0 bridgehead atoms. The van der Waals surface area contributed by atoms with E-state index in [2.05, 4.69) is 4.98 Å². The maximum atomic E-state index is 9.86. The van der Waals surface area contributed by atoms with Gasteiger partial charge in [-0.1, -0.05) is 11.6 Å². The SMILES string of the molecule is NCCC(O)c1c[nH]c2ccc(Cl)cc12. The van der Waals surface area contributed by atoms with E-state index in [0.717, 1.165) is 16.5 Å². The van der Waals surface area contributed by atoms with Crippen molar-refractivity contribution >= 4 is 22.5 Å². The fourth-order valence-corrected chi connectivity index (χ4v) is 1.88. The third-order valence-corrected chi connectivity index (χ3v) is 2.71. The summed E-state index contributed by atoms with van der Waals surface area (Å²) >= 11 is 5.91. The predicted octanol–water partition coefficient (Wildman–Crippen LogP) is 2.20. The van der Waals surface area contributed by atoms with Crippen molar-refractivity contribution in [2.45, 2.75) is 12.5 Å². The van der Waals surface area contributed by atoms with Crippen molar-refractivity contribution in [3.05, 3.63) is 35.0 Å². The molecule has 0 aliphatic rings. The van der Waals surface area contributed by atoms with Gasteiger partial charge in [0.1, 0.15) is 0 Å². The Morgan fingerprint density at radius 3 is 3.00 bits per heavy atom. The zero-order valence-corrected chi connectivity index (χ0v) is 8.96. The van der Waals surface area contributed by atoms with E-state index in [1.54, 1.807) is 6.20 Å². The maximum Gasteiger partial charge on any atom is 0.0822 e. The number of rotatable bonds is 3. The molecule has 0 fully saturated rings. The summed E-state index contributed by atoms with van der Waals surface area (Å²) in [4.78, 5) is 3.10. The summed E-state index contributed by atoms with van der Waals surface area (Å²) < 4.78 is 0. The van der Waals surface area contributed by atoms with E-state index in [1.807, 2.05) is 18.2 Å². The van der Waals surface area contributed by atoms with Crippen LogP contribution in [0.3, 0.4) is 0 Å². The third kappa shape index (κ3) is 2.00. The van der Waals surface area contributed by atoms with E-state index < -0.39 is 6.10 Å². The van der Waals surface area contributed by atoms with Gasteiger partial charge in [0.2, 0.25) is 0 Å². The van der Waals surface area contributed by atoms with Gasteiger partial charge in [-0.25, -0.2) is 0 Å². The number of hydrogen-bond donors (Lipinski definition) is 3. The molecule has 2 rings (SSSR count). The van der Waals surface area contributed by atoms with E-state index in [0.29, 0.717) is 18.0 Å². The van der Waals surface area contributed by atoms with Crippen molar-refractivity contribution in [1.82, 2.24) is 4.98 Å². The van der Waals surface area contributed by atoms with Crippen molar-refractivity contribution in [3.8, 4) is 0 Å². The summed E-state index contributed by atoms with van der Waals surface area (Å²) in [6.45, 7) is 0.467.